The molecule has 0 bridgehead atoms. The summed E-state index contributed by atoms with van der Waals surface area (Å²) in [7, 11) is 1.47. The van der Waals surface area contributed by atoms with Gasteiger partial charge in [-0.15, -0.1) is 0 Å². The maximum Gasteiger partial charge on any atom is 0.363 e. The third-order valence-corrected chi connectivity index (χ3v) is 4.23. The third-order valence-electron chi connectivity index (χ3n) is 4.23. The van der Waals surface area contributed by atoms with Gasteiger partial charge in [-0.25, -0.2) is 9.79 Å². The van der Waals surface area contributed by atoms with Crippen molar-refractivity contribution >= 4 is 23.9 Å². The summed E-state index contributed by atoms with van der Waals surface area (Å²) in [4.78, 5) is 27.7. The molecular weight excluding hydrogens is 386 g/mol. The SMILES string of the molecule is CCCCOc1ccc(C2=NC(=Cc3ccc(OC(C)=O)c(OC)c3)C(=O)O2)cc1. The summed E-state index contributed by atoms with van der Waals surface area (Å²) in [6.45, 7) is 4.08. The molecule has 156 valence electrons. The number of esters is 2. The molecule has 1 aliphatic heterocycles. The van der Waals surface area contributed by atoms with E-state index in [2.05, 4.69) is 11.9 Å². The van der Waals surface area contributed by atoms with E-state index in [1.54, 1.807) is 36.4 Å². The van der Waals surface area contributed by atoms with Crippen molar-refractivity contribution in [3.8, 4) is 17.2 Å². The van der Waals surface area contributed by atoms with Crippen LogP contribution in [0.3, 0.4) is 0 Å². The topological polar surface area (TPSA) is 83.4 Å². The fourth-order valence-corrected chi connectivity index (χ4v) is 2.73. The van der Waals surface area contributed by atoms with Gasteiger partial charge in [0.25, 0.3) is 0 Å². The van der Waals surface area contributed by atoms with E-state index in [0.717, 1.165) is 18.6 Å². The molecule has 0 unspecified atom stereocenters. The van der Waals surface area contributed by atoms with Gasteiger partial charge < -0.3 is 18.9 Å². The summed E-state index contributed by atoms with van der Waals surface area (Å²) >= 11 is 0. The Hall–Kier alpha value is -3.61. The number of rotatable bonds is 8. The Labute approximate surface area is 174 Å². The summed E-state index contributed by atoms with van der Waals surface area (Å²) in [5.41, 5.74) is 1.49. The van der Waals surface area contributed by atoms with Gasteiger partial charge >= 0.3 is 11.9 Å². The number of aliphatic imine (C=N–C) groups is 1. The van der Waals surface area contributed by atoms with E-state index in [1.807, 2.05) is 12.1 Å². The summed E-state index contributed by atoms with van der Waals surface area (Å²) in [6, 6.07) is 12.2. The van der Waals surface area contributed by atoms with Crippen LogP contribution in [0.4, 0.5) is 0 Å². The fourth-order valence-electron chi connectivity index (χ4n) is 2.73. The molecule has 0 amide bonds. The average molecular weight is 409 g/mol. The molecule has 30 heavy (non-hydrogen) atoms. The minimum atomic E-state index is -0.545. The highest BCUT2D eigenvalue weighted by atomic mass is 16.6. The maximum absolute atomic E-state index is 12.2. The molecule has 0 spiro atoms. The van der Waals surface area contributed by atoms with E-state index in [1.165, 1.54) is 14.0 Å². The van der Waals surface area contributed by atoms with Gasteiger partial charge in [0.2, 0.25) is 5.90 Å². The first-order chi connectivity index (χ1) is 14.5. The lowest BCUT2D eigenvalue weighted by molar-refractivity contribution is -0.132. The van der Waals surface area contributed by atoms with Crippen molar-refractivity contribution in [3.63, 3.8) is 0 Å². The minimum Gasteiger partial charge on any atom is -0.494 e. The van der Waals surface area contributed by atoms with Gasteiger partial charge in [0.15, 0.2) is 17.2 Å². The molecule has 0 fully saturated rings. The highest BCUT2D eigenvalue weighted by molar-refractivity contribution is 6.12. The number of methoxy groups -OCH3 is 1. The van der Waals surface area contributed by atoms with Gasteiger partial charge in [0.05, 0.1) is 13.7 Å². The van der Waals surface area contributed by atoms with Gasteiger partial charge in [-0.1, -0.05) is 19.4 Å². The Balaban J connectivity index is 1.78. The van der Waals surface area contributed by atoms with Crippen LogP contribution >= 0.6 is 0 Å². The van der Waals surface area contributed by atoms with Crippen LogP contribution in [0.2, 0.25) is 0 Å². The van der Waals surface area contributed by atoms with E-state index >= 15 is 0 Å². The van der Waals surface area contributed by atoms with Gasteiger partial charge in [0, 0.05) is 12.5 Å². The van der Waals surface area contributed by atoms with Crippen molar-refractivity contribution < 1.29 is 28.5 Å². The zero-order valence-corrected chi connectivity index (χ0v) is 17.1. The molecule has 3 rings (SSSR count). The Morgan fingerprint density at radius 2 is 1.90 bits per heavy atom. The smallest absolute Gasteiger partial charge is 0.363 e. The number of unbranched alkanes of at least 4 members (excludes halogenated alkanes) is 1. The summed E-state index contributed by atoms with van der Waals surface area (Å²) < 4.78 is 21.3. The molecule has 7 nitrogen and oxygen atoms in total. The molecule has 2 aromatic rings. The van der Waals surface area contributed by atoms with Crippen LogP contribution in [0.25, 0.3) is 6.08 Å². The third kappa shape index (κ3) is 5.26. The van der Waals surface area contributed by atoms with Crippen LogP contribution in [0.15, 0.2) is 53.2 Å². The van der Waals surface area contributed by atoms with E-state index in [0.29, 0.717) is 29.2 Å². The second-order valence-corrected chi connectivity index (χ2v) is 6.57. The Morgan fingerprint density at radius 1 is 1.13 bits per heavy atom. The molecular formula is C23H23NO6. The quantitative estimate of drug-likeness (QED) is 0.282. The lowest BCUT2D eigenvalue weighted by Gasteiger charge is -2.08. The standard InChI is InChI=1S/C23H23NO6/c1-4-5-12-28-18-9-7-17(8-10-18)22-24-19(23(26)30-22)13-16-6-11-20(29-15(2)25)21(14-16)27-3/h6-11,13-14H,4-5,12H2,1-3H3. The lowest BCUT2D eigenvalue weighted by atomic mass is 10.1. The molecule has 1 heterocycles. The summed E-state index contributed by atoms with van der Waals surface area (Å²) in [6.07, 6.45) is 3.64. The van der Waals surface area contributed by atoms with Gasteiger partial charge in [0.1, 0.15) is 5.75 Å². The van der Waals surface area contributed by atoms with Crippen LogP contribution in [-0.2, 0) is 14.3 Å². The van der Waals surface area contributed by atoms with Crippen LogP contribution in [0, 0.1) is 0 Å². The van der Waals surface area contributed by atoms with Crippen LogP contribution < -0.4 is 14.2 Å². The number of cyclic esters (lactones) is 1. The van der Waals surface area contributed by atoms with Crippen LogP contribution in [0.5, 0.6) is 17.2 Å². The largest absolute Gasteiger partial charge is 0.494 e. The molecule has 7 heteroatoms. The highest BCUT2D eigenvalue weighted by Gasteiger charge is 2.24. The lowest BCUT2D eigenvalue weighted by Crippen LogP contribution is -2.05. The molecule has 0 saturated carbocycles. The minimum absolute atomic E-state index is 0.163. The first-order valence-corrected chi connectivity index (χ1v) is 9.62. The zero-order chi connectivity index (χ0) is 21.5. The number of hydrogen-bond donors (Lipinski definition) is 0. The van der Waals surface area contributed by atoms with Crippen molar-refractivity contribution in [2.45, 2.75) is 26.7 Å². The Bertz CT molecular complexity index is 991. The van der Waals surface area contributed by atoms with Gasteiger partial charge in [-0.05, 0) is 54.5 Å². The van der Waals surface area contributed by atoms with E-state index in [9.17, 15) is 9.59 Å². The first-order valence-electron chi connectivity index (χ1n) is 9.62. The van der Waals surface area contributed by atoms with Crippen molar-refractivity contribution in [3.05, 3.63) is 59.3 Å². The number of nitrogens with zero attached hydrogens (tertiary/aromatic N) is 1. The van der Waals surface area contributed by atoms with Crippen molar-refractivity contribution in [2.75, 3.05) is 13.7 Å². The Morgan fingerprint density at radius 3 is 2.57 bits per heavy atom. The normalized spacial score (nSPS) is 14.3. The van der Waals surface area contributed by atoms with E-state index < -0.39 is 11.9 Å². The van der Waals surface area contributed by atoms with Gasteiger partial charge in [-0.3, -0.25) is 4.79 Å². The predicted octanol–water partition coefficient (Wildman–Crippen LogP) is 4.14. The zero-order valence-electron chi connectivity index (χ0n) is 17.1. The van der Waals surface area contributed by atoms with Crippen molar-refractivity contribution in [1.29, 1.82) is 0 Å². The molecule has 0 aliphatic carbocycles. The maximum atomic E-state index is 12.2. The van der Waals surface area contributed by atoms with Gasteiger partial charge in [-0.2, -0.15) is 0 Å². The molecule has 0 radical (unpaired) electrons. The van der Waals surface area contributed by atoms with Crippen LogP contribution in [-0.4, -0.2) is 31.6 Å². The molecule has 0 aromatic heterocycles. The molecule has 2 aromatic carbocycles. The number of carbonyl (C=O) groups excluding carboxylic acids is 2. The monoisotopic (exact) mass is 409 g/mol. The van der Waals surface area contributed by atoms with Crippen molar-refractivity contribution in [1.82, 2.24) is 0 Å². The fraction of sp³-hybridized carbons (Fsp3) is 0.261. The molecule has 0 N–H and O–H groups in total. The second-order valence-electron chi connectivity index (χ2n) is 6.57. The number of benzene rings is 2. The first kappa shape index (κ1) is 21.1. The summed E-state index contributed by atoms with van der Waals surface area (Å²) in [5.74, 6) is 0.661. The molecule has 0 atom stereocenters. The second kappa shape index (κ2) is 9.73. The number of carbonyl (C=O) groups is 2. The van der Waals surface area contributed by atoms with Crippen molar-refractivity contribution in [2.24, 2.45) is 4.99 Å². The Kier molecular flexibility index (Phi) is 6.85. The molecule has 0 saturated heterocycles. The average Bonchev–Trinajstić information content (AvgIpc) is 3.09. The van der Waals surface area contributed by atoms with Crippen LogP contribution in [0.1, 0.15) is 37.8 Å². The number of ether oxygens (including phenoxy) is 4. The summed E-state index contributed by atoms with van der Waals surface area (Å²) in [5, 5.41) is 0. The predicted molar refractivity (Wildman–Crippen MR) is 112 cm³/mol. The molecule has 1 aliphatic rings. The highest BCUT2D eigenvalue weighted by Crippen LogP contribution is 2.30. The van der Waals surface area contributed by atoms with E-state index in [4.69, 9.17) is 18.9 Å². The van der Waals surface area contributed by atoms with E-state index in [-0.39, 0.29) is 11.6 Å². The number of hydrogen-bond acceptors (Lipinski definition) is 7.